The van der Waals surface area contributed by atoms with Crippen LogP contribution in [0, 0.1) is 0 Å². The molecule has 0 bridgehead atoms. The molecule has 0 atom stereocenters. The van der Waals surface area contributed by atoms with Crippen LogP contribution in [0.3, 0.4) is 0 Å². The molecular weight excluding hydrogens is 351 g/mol. The first-order valence-corrected chi connectivity index (χ1v) is 7.58. The lowest BCUT2D eigenvalue weighted by molar-refractivity contribution is 0.100. The lowest BCUT2D eigenvalue weighted by Gasteiger charge is -2.10. The van der Waals surface area contributed by atoms with Gasteiger partial charge in [-0.3, -0.25) is 4.79 Å². The van der Waals surface area contributed by atoms with Gasteiger partial charge in [-0.25, -0.2) is 4.68 Å². The molecule has 2 aromatic carbocycles. The Bertz CT molecular complexity index is 939. The number of nitrogens with two attached hydrogens (primary N) is 2. The summed E-state index contributed by atoms with van der Waals surface area (Å²) in [4.78, 5) is 11.9. The van der Waals surface area contributed by atoms with Crippen molar-refractivity contribution in [1.82, 2.24) is 9.78 Å². The second-order valence-electron chi connectivity index (χ2n) is 4.98. The third kappa shape index (κ3) is 2.55. The third-order valence-electron chi connectivity index (χ3n) is 3.47. The van der Waals surface area contributed by atoms with Crippen LogP contribution in [-0.2, 0) is 0 Å². The van der Waals surface area contributed by atoms with E-state index < -0.39 is 5.91 Å². The molecule has 24 heavy (non-hydrogen) atoms. The number of primary amides is 1. The number of hydrogen-bond donors (Lipinski definition) is 3. The topological polar surface area (TPSA) is 107 Å². The van der Waals surface area contributed by atoms with Crippen LogP contribution in [0.2, 0.25) is 10.0 Å². The molecule has 1 heterocycles. The highest BCUT2D eigenvalue weighted by Gasteiger charge is 2.25. The zero-order chi connectivity index (χ0) is 17.4. The van der Waals surface area contributed by atoms with Gasteiger partial charge >= 0.3 is 0 Å². The molecule has 0 radical (unpaired) electrons. The lowest BCUT2D eigenvalue weighted by atomic mass is 10.1. The van der Waals surface area contributed by atoms with Gasteiger partial charge in [-0.15, -0.1) is 0 Å². The van der Waals surface area contributed by atoms with Crippen molar-refractivity contribution in [3.63, 3.8) is 0 Å². The quantitative estimate of drug-likeness (QED) is 0.664. The van der Waals surface area contributed by atoms with Gasteiger partial charge in [-0.05, 0) is 12.1 Å². The average Bonchev–Trinajstić information content (AvgIpc) is 2.90. The monoisotopic (exact) mass is 362 g/mol. The number of carbonyl (C=O) groups excluding carboxylic acids is 1. The van der Waals surface area contributed by atoms with E-state index in [9.17, 15) is 9.90 Å². The fourth-order valence-electron chi connectivity index (χ4n) is 2.37. The van der Waals surface area contributed by atoms with Gasteiger partial charge in [0.15, 0.2) is 0 Å². The molecule has 3 rings (SSSR count). The molecule has 122 valence electrons. The number of amides is 1. The van der Waals surface area contributed by atoms with Crippen LogP contribution < -0.4 is 11.5 Å². The maximum atomic E-state index is 11.9. The van der Waals surface area contributed by atoms with Gasteiger partial charge < -0.3 is 16.6 Å². The number of rotatable bonds is 3. The van der Waals surface area contributed by atoms with Gasteiger partial charge in [0.05, 0.1) is 5.02 Å². The number of hydrogen-bond acceptors (Lipinski definition) is 4. The highest BCUT2D eigenvalue weighted by atomic mass is 35.5. The normalized spacial score (nSPS) is 10.8. The summed E-state index contributed by atoms with van der Waals surface area (Å²) in [5.41, 5.74) is 12.7. The summed E-state index contributed by atoms with van der Waals surface area (Å²) in [5, 5.41) is 14.3. The zero-order valence-electron chi connectivity index (χ0n) is 12.2. The van der Waals surface area contributed by atoms with E-state index in [-0.39, 0.29) is 32.9 Å². The number of carbonyl (C=O) groups is 1. The Balaban J connectivity index is 2.33. The molecular formula is C16H12Cl2N4O2. The van der Waals surface area contributed by atoms with Crippen molar-refractivity contribution in [3.05, 3.63) is 58.1 Å². The van der Waals surface area contributed by atoms with Crippen molar-refractivity contribution in [2.24, 2.45) is 5.73 Å². The predicted molar refractivity (Wildman–Crippen MR) is 93.6 cm³/mol. The van der Waals surface area contributed by atoms with Crippen LogP contribution in [0.4, 0.5) is 5.82 Å². The molecule has 5 N–H and O–H groups in total. The molecule has 0 saturated heterocycles. The fraction of sp³-hybridized carbons (Fsp3) is 0. The van der Waals surface area contributed by atoms with Crippen molar-refractivity contribution in [2.45, 2.75) is 0 Å². The Morgan fingerprint density at radius 3 is 2.42 bits per heavy atom. The summed E-state index contributed by atoms with van der Waals surface area (Å²) in [6, 6.07) is 11.8. The molecule has 6 nitrogen and oxygen atoms in total. The van der Waals surface area contributed by atoms with Crippen molar-refractivity contribution in [1.29, 1.82) is 0 Å². The summed E-state index contributed by atoms with van der Waals surface area (Å²) < 4.78 is 1.20. The summed E-state index contributed by atoms with van der Waals surface area (Å²) in [6.07, 6.45) is 0. The van der Waals surface area contributed by atoms with E-state index in [1.54, 1.807) is 24.3 Å². The van der Waals surface area contributed by atoms with E-state index >= 15 is 0 Å². The first kappa shape index (κ1) is 16.2. The lowest BCUT2D eigenvalue weighted by Crippen LogP contribution is -2.14. The Hall–Kier alpha value is -2.70. The van der Waals surface area contributed by atoms with Crippen molar-refractivity contribution >= 4 is 34.9 Å². The summed E-state index contributed by atoms with van der Waals surface area (Å²) in [6.45, 7) is 0. The largest absolute Gasteiger partial charge is 0.506 e. The molecule has 0 spiro atoms. The fourth-order valence-corrected chi connectivity index (χ4v) is 2.90. The number of benzene rings is 2. The number of phenolic OH excluding ortho intramolecular Hbond substituents is 1. The number of nitrogen functional groups attached to an aromatic ring is 1. The van der Waals surface area contributed by atoms with Crippen LogP contribution in [0.5, 0.6) is 5.75 Å². The highest BCUT2D eigenvalue weighted by Crippen LogP contribution is 2.38. The van der Waals surface area contributed by atoms with Crippen molar-refractivity contribution in [2.75, 3.05) is 5.73 Å². The molecule has 0 unspecified atom stereocenters. The third-order valence-corrected chi connectivity index (χ3v) is 4.15. The summed E-state index contributed by atoms with van der Waals surface area (Å²) >= 11 is 12.3. The van der Waals surface area contributed by atoms with E-state index in [4.69, 9.17) is 34.7 Å². The minimum absolute atomic E-state index is 0.0178. The van der Waals surface area contributed by atoms with Crippen LogP contribution in [0.15, 0.2) is 42.5 Å². The van der Waals surface area contributed by atoms with Gasteiger partial charge in [-0.1, -0.05) is 53.5 Å². The second-order valence-corrected chi connectivity index (χ2v) is 5.77. The minimum Gasteiger partial charge on any atom is -0.506 e. The van der Waals surface area contributed by atoms with E-state index in [1.807, 2.05) is 6.07 Å². The van der Waals surface area contributed by atoms with E-state index in [2.05, 4.69) is 5.10 Å². The molecule has 0 fully saturated rings. The zero-order valence-corrected chi connectivity index (χ0v) is 13.7. The summed E-state index contributed by atoms with van der Waals surface area (Å²) in [7, 11) is 0. The highest BCUT2D eigenvalue weighted by molar-refractivity contribution is 6.38. The Labute approximate surface area is 147 Å². The smallest absolute Gasteiger partial charge is 0.254 e. The van der Waals surface area contributed by atoms with E-state index in [0.29, 0.717) is 11.3 Å². The molecule has 1 amide bonds. The second kappa shape index (κ2) is 6.07. The standard InChI is InChI=1S/C16H12Cl2N4O2/c17-9-6-7-10(23)12(18)14(9)22-15(19)11(16(20)24)13(21-22)8-4-2-1-3-5-8/h1-7,23H,19H2,(H2,20,24). The predicted octanol–water partition coefficient (Wildman–Crippen LogP) is 3.23. The molecule has 0 saturated carbocycles. The van der Waals surface area contributed by atoms with Crippen LogP contribution in [0.1, 0.15) is 10.4 Å². The molecule has 0 aliphatic heterocycles. The van der Waals surface area contributed by atoms with Gasteiger partial charge in [0.25, 0.3) is 5.91 Å². The number of aromatic nitrogens is 2. The number of phenols is 1. The van der Waals surface area contributed by atoms with E-state index in [0.717, 1.165) is 0 Å². The summed E-state index contributed by atoms with van der Waals surface area (Å²) in [5.74, 6) is -0.936. The first-order chi connectivity index (χ1) is 11.4. The number of halogens is 2. The Morgan fingerprint density at radius 2 is 1.79 bits per heavy atom. The Kier molecular flexibility index (Phi) is 4.09. The van der Waals surface area contributed by atoms with Gasteiger partial charge in [0, 0.05) is 5.56 Å². The Morgan fingerprint density at radius 1 is 1.12 bits per heavy atom. The molecule has 1 aromatic heterocycles. The van der Waals surface area contributed by atoms with Crippen LogP contribution in [0.25, 0.3) is 16.9 Å². The average molecular weight is 363 g/mol. The first-order valence-electron chi connectivity index (χ1n) is 6.83. The van der Waals surface area contributed by atoms with Crippen molar-refractivity contribution in [3.8, 4) is 22.7 Å². The minimum atomic E-state index is -0.731. The van der Waals surface area contributed by atoms with E-state index in [1.165, 1.54) is 16.8 Å². The SMILES string of the molecule is NC(=O)c1c(-c2ccccc2)nn(-c2c(Cl)ccc(O)c2Cl)c1N. The number of anilines is 1. The molecule has 8 heteroatoms. The molecule has 3 aromatic rings. The number of nitrogens with zero attached hydrogens (tertiary/aromatic N) is 2. The maximum Gasteiger partial charge on any atom is 0.254 e. The van der Waals surface area contributed by atoms with Gasteiger partial charge in [-0.2, -0.15) is 5.10 Å². The van der Waals surface area contributed by atoms with Crippen LogP contribution in [-0.4, -0.2) is 20.8 Å². The number of aromatic hydroxyl groups is 1. The van der Waals surface area contributed by atoms with Crippen molar-refractivity contribution < 1.29 is 9.90 Å². The maximum absolute atomic E-state index is 11.9. The molecule has 0 aliphatic carbocycles. The van der Waals surface area contributed by atoms with Gasteiger partial charge in [0.2, 0.25) is 0 Å². The van der Waals surface area contributed by atoms with Gasteiger partial charge in [0.1, 0.15) is 33.5 Å². The van der Waals surface area contributed by atoms with Crippen LogP contribution >= 0.6 is 23.2 Å². The molecule has 0 aliphatic rings.